The number of carbonyl (C=O) groups excluding carboxylic acids is 1. The maximum atomic E-state index is 12.2. The highest BCUT2D eigenvalue weighted by Gasteiger charge is 2.27. The lowest BCUT2D eigenvalue weighted by Crippen LogP contribution is -2.35. The number of benzene rings is 2. The Hall–Kier alpha value is -2.33. The standard InChI is InChI=1S/C21H25NO3/c1-15-4-8-17(9-5-15)21-18(3-2-12-25-21)14-22-20(24)13-16-6-10-19(23)11-7-16/h4-11,18,21,23H,2-3,12-14H2,1H3,(H,22,24)/t18-,21-/m1/s1. The van der Waals surface area contributed by atoms with Crippen LogP contribution in [0, 0.1) is 12.8 Å². The SMILES string of the molecule is Cc1ccc([C@H]2OCCC[C@@H]2CNC(=O)Cc2ccc(O)cc2)cc1. The minimum atomic E-state index is -0.00100. The third-order valence-corrected chi connectivity index (χ3v) is 4.71. The van der Waals surface area contributed by atoms with E-state index in [0.29, 0.717) is 18.9 Å². The summed E-state index contributed by atoms with van der Waals surface area (Å²) in [7, 11) is 0. The van der Waals surface area contributed by atoms with Crippen LogP contribution in [-0.4, -0.2) is 24.2 Å². The van der Waals surface area contributed by atoms with Gasteiger partial charge in [0.2, 0.25) is 5.91 Å². The van der Waals surface area contributed by atoms with Crippen LogP contribution in [0.5, 0.6) is 5.75 Å². The minimum Gasteiger partial charge on any atom is -0.508 e. The average Bonchev–Trinajstić information content (AvgIpc) is 2.63. The Bertz CT molecular complexity index is 694. The number of amides is 1. The molecule has 2 N–H and O–H groups in total. The van der Waals surface area contributed by atoms with Gasteiger partial charge in [0.05, 0.1) is 12.5 Å². The van der Waals surface area contributed by atoms with Gasteiger partial charge in [-0.1, -0.05) is 42.0 Å². The summed E-state index contributed by atoms with van der Waals surface area (Å²) in [5, 5.41) is 12.3. The number of phenols is 1. The smallest absolute Gasteiger partial charge is 0.224 e. The summed E-state index contributed by atoms with van der Waals surface area (Å²) >= 11 is 0. The van der Waals surface area contributed by atoms with E-state index in [0.717, 1.165) is 25.0 Å². The fourth-order valence-electron chi connectivity index (χ4n) is 3.28. The molecule has 0 unspecified atom stereocenters. The first-order chi connectivity index (χ1) is 12.1. The van der Waals surface area contributed by atoms with Crippen LogP contribution >= 0.6 is 0 Å². The van der Waals surface area contributed by atoms with E-state index in [-0.39, 0.29) is 17.8 Å². The van der Waals surface area contributed by atoms with Crippen LogP contribution in [0.1, 0.15) is 35.6 Å². The normalized spacial score (nSPS) is 20.2. The van der Waals surface area contributed by atoms with Crippen LogP contribution in [0.3, 0.4) is 0 Å². The zero-order valence-corrected chi connectivity index (χ0v) is 14.6. The Morgan fingerprint density at radius 2 is 1.88 bits per heavy atom. The molecule has 4 nitrogen and oxygen atoms in total. The van der Waals surface area contributed by atoms with Gasteiger partial charge in [-0.25, -0.2) is 0 Å². The molecule has 4 heteroatoms. The van der Waals surface area contributed by atoms with Gasteiger partial charge < -0.3 is 15.2 Å². The molecule has 2 aromatic rings. The Morgan fingerprint density at radius 1 is 1.16 bits per heavy atom. The molecule has 1 saturated heterocycles. The molecule has 0 aromatic heterocycles. The number of carbonyl (C=O) groups is 1. The first-order valence-electron chi connectivity index (χ1n) is 8.84. The molecule has 1 fully saturated rings. The summed E-state index contributed by atoms with van der Waals surface area (Å²) in [4.78, 5) is 12.2. The molecule has 2 aromatic carbocycles. The second-order valence-electron chi connectivity index (χ2n) is 6.75. The molecular weight excluding hydrogens is 314 g/mol. The van der Waals surface area contributed by atoms with Gasteiger partial charge in [0.15, 0.2) is 0 Å². The van der Waals surface area contributed by atoms with E-state index in [1.807, 2.05) is 0 Å². The monoisotopic (exact) mass is 339 g/mol. The number of aryl methyl sites for hydroxylation is 1. The zero-order chi connectivity index (χ0) is 17.6. The first-order valence-corrected chi connectivity index (χ1v) is 8.84. The Kier molecular flexibility index (Phi) is 5.71. The molecule has 3 rings (SSSR count). The summed E-state index contributed by atoms with van der Waals surface area (Å²) in [6, 6.07) is 15.2. The van der Waals surface area contributed by atoms with E-state index in [1.54, 1.807) is 24.3 Å². The number of hydrogen-bond acceptors (Lipinski definition) is 3. The van der Waals surface area contributed by atoms with E-state index in [1.165, 1.54) is 11.1 Å². The zero-order valence-electron chi connectivity index (χ0n) is 14.6. The topological polar surface area (TPSA) is 58.6 Å². The maximum Gasteiger partial charge on any atom is 0.224 e. The van der Waals surface area contributed by atoms with Crippen molar-refractivity contribution in [3.05, 3.63) is 65.2 Å². The van der Waals surface area contributed by atoms with Crippen molar-refractivity contribution in [1.82, 2.24) is 5.32 Å². The number of hydrogen-bond donors (Lipinski definition) is 2. The summed E-state index contributed by atoms with van der Waals surface area (Å²) in [6.45, 7) is 3.47. The quantitative estimate of drug-likeness (QED) is 0.876. The number of ether oxygens (including phenoxy) is 1. The molecule has 0 bridgehead atoms. The predicted octanol–water partition coefficient (Wildman–Crippen LogP) is 3.53. The van der Waals surface area contributed by atoms with Crippen molar-refractivity contribution in [2.75, 3.05) is 13.2 Å². The number of aromatic hydroxyl groups is 1. The van der Waals surface area contributed by atoms with Crippen LogP contribution in [0.25, 0.3) is 0 Å². The highest BCUT2D eigenvalue weighted by molar-refractivity contribution is 5.78. The molecule has 0 radical (unpaired) electrons. The molecule has 0 saturated carbocycles. The highest BCUT2D eigenvalue weighted by Crippen LogP contribution is 2.33. The van der Waals surface area contributed by atoms with E-state index < -0.39 is 0 Å². The summed E-state index contributed by atoms with van der Waals surface area (Å²) in [5.74, 6) is 0.503. The van der Waals surface area contributed by atoms with Crippen LogP contribution in [0.15, 0.2) is 48.5 Å². The van der Waals surface area contributed by atoms with Crippen molar-refractivity contribution >= 4 is 5.91 Å². The summed E-state index contributed by atoms with van der Waals surface area (Å²) < 4.78 is 6.00. The molecule has 132 valence electrons. The van der Waals surface area contributed by atoms with Gasteiger partial charge in [-0.2, -0.15) is 0 Å². The fraction of sp³-hybridized carbons (Fsp3) is 0.381. The number of phenolic OH excluding ortho intramolecular Hbond substituents is 1. The lowest BCUT2D eigenvalue weighted by molar-refractivity contribution is -0.121. The predicted molar refractivity (Wildman–Crippen MR) is 97.4 cm³/mol. The third-order valence-electron chi connectivity index (χ3n) is 4.71. The molecule has 0 spiro atoms. The van der Waals surface area contributed by atoms with Gasteiger partial charge >= 0.3 is 0 Å². The van der Waals surface area contributed by atoms with Gasteiger partial charge in [0, 0.05) is 19.1 Å². The summed E-state index contributed by atoms with van der Waals surface area (Å²) in [6.07, 6.45) is 2.45. The third kappa shape index (κ3) is 4.83. The average molecular weight is 339 g/mol. The highest BCUT2D eigenvalue weighted by atomic mass is 16.5. The Labute approximate surface area is 148 Å². The largest absolute Gasteiger partial charge is 0.508 e. The fourth-order valence-corrected chi connectivity index (χ4v) is 3.28. The van der Waals surface area contributed by atoms with Gasteiger partial charge in [0.25, 0.3) is 0 Å². The molecule has 1 aliphatic rings. The lowest BCUT2D eigenvalue weighted by atomic mass is 9.89. The van der Waals surface area contributed by atoms with Crippen LogP contribution < -0.4 is 5.32 Å². The molecule has 0 aliphatic carbocycles. The van der Waals surface area contributed by atoms with Gasteiger partial charge in [-0.05, 0) is 43.0 Å². The van der Waals surface area contributed by atoms with Gasteiger partial charge in [-0.3, -0.25) is 4.79 Å². The van der Waals surface area contributed by atoms with Crippen molar-refractivity contribution < 1.29 is 14.6 Å². The number of rotatable bonds is 5. The molecule has 1 amide bonds. The van der Waals surface area contributed by atoms with Crippen molar-refractivity contribution in [3.8, 4) is 5.75 Å². The van der Waals surface area contributed by atoms with Crippen molar-refractivity contribution in [3.63, 3.8) is 0 Å². The lowest BCUT2D eigenvalue weighted by Gasteiger charge is -2.32. The van der Waals surface area contributed by atoms with Crippen molar-refractivity contribution in [2.45, 2.75) is 32.3 Å². The summed E-state index contributed by atoms with van der Waals surface area (Å²) in [5.41, 5.74) is 3.31. The van der Waals surface area contributed by atoms with Crippen LogP contribution in [0.4, 0.5) is 0 Å². The molecule has 25 heavy (non-hydrogen) atoms. The molecule has 2 atom stereocenters. The molecular formula is C21H25NO3. The van der Waals surface area contributed by atoms with E-state index >= 15 is 0 Å². The van der Waals surface area contributed by atoms with Gasteiger partial charge in [-0.15, -0.1) is 0 Å². The van der Waals surface area contributed by atoms with Crippen LogP contribution in [0.2, 0.25) is 0 Å². The second-order valence-corrected chi connectivity index (χ2v) is 6.75. The molecule has 1 aliphatic heterocycles. The van der Waals surface area contributed by atoms with E-state index in [9.17, 15) is 9.90 Å². The molecule has 1 heterocycles. The second kappa shape index (κ2) is 8.17. The Balaban J connectivity index is 1.57. The van der Waals surface area contributed by atoms with E-state index in [2.05, 4.69) is 36.5 Å². The van der Waals surface area contributed by atoms with Gasteiger partial charge in [0.1, 0.15) is 5.75 Å². The van der Waals surface area contributed by atoms with Crippen LogP contribution in [-0.2, 0) is 16.0 Å². The minimum absolute atomic E-state index is 0.00100. The van der Waals surface area contributed by atoms with E-state index in [4.69, 9.17) is 4.74 Å². The first kappa shape index (κ1) is 17.5. The maximum absolute atomic E-state index is 12.2. The number of nitrogens with one attached hydrogen (secondary N) is 1. The van der Waals surface area contributed by atoms with Crippen molar-refractivity contribution in [2.24, 2.45) is 5.92 Å². The Morgan fingerprint density at radius 3 is 2.60 bits per heavy atom. The van der Waals surface area contributed by atoms with Crippen molar-refractivity contribution in [1.29, 1.82) is 0 Å².